The van der Waals surface area contributed by atoms with Crippen LogP contribution in [0.15, 0.2) is 47.5 Å². The zero-order valence-electron chi connectivity index (χ0n) is 15.2. The fraction of sp³-hybridized carbons (Fsp3) is 0.368. The smallest absolute Gasteiger partial charge is 0.274 e. The van der Waals surface area contributed by atoms with Crippen LogP contribution in [0, 0.1) is 0 Å². The van der Waals surface area contributed by atoms with Gasteiger partial charge in [0.1, 0.15) is 5.69 Å². The summed E-state index contributed by atoms with van der Waals surface area (Å²) in [6.07, 6.45) is 4.22. The van der Waals surface area contributed by atoms with E-state index in [-0.39, 0.29) is 22.7 Å². The third kappa shape index (κ3) is 4.31. The molecule has 1 fully saturated rings. The minimum atomic E-state index is -3.57. The molecule has 3 rings (SSSR count). The quantitative estimate of drug-likeness (QED) is 0.832. The van der Waals surface area contributed by atoms with Crippen molar-refractivity contribution in [2.75, 3.05) is 5.32 Å². The summed E-state index contributed by atoms with van der Waals surface area (Å²) in [5, 5.41) is 3.11. The van der Waals surface area contributed by atoms with Crippen molar-refractivity contribution in [3.63, 3.8) is 0 Å². The van der Waals surface area contributed by atoms with Gasteiger partial charge in [-0.15, -0.1) is 0 Å². The van der Waals surface area contributed by atoms with Gasteiger partial charge in [0.15, 0.2) is 0 Å². The normalized spacial score (nSPS) is 21.0. The maximum Gasteiger partial charge on any atom is 0.274 e. The number of hydrogen-bond acceptors (Lipinski definition) is 4. The first-order valence-corrected chi connectivity index (χ1v) is 10.7. The molecule has 27 heavy (non-hydrogen) atoms. The van der Waals surface area contributed by atoms with Crippen LogP contribution in [0.4, 0.5) is 5.69 Å². The van der Waals surface area contributed by atoms with Gasteiger partial charge in [0.2, 0.25) is 10.0 Å². The molecule has 2 atom stereocenters. The Labute approximate surface area is 164 Å². The predicted octanol–water partition coefficient (Wildman–Crippen LogP) is 3.94. The van der Waals surface area contributed by atoms with E-state index < -0.39 is 15.9 Å². The minimum Gasteiger partial charge on any atom is -0.321 e. The van der Waals surface area contributed by atoms with E-state index in [0.717, 1.165) is 19.3 Å². The first-order chi connectivity index (χ1) is 12.8. The minimum absolute atomic E-state index is 0.0213. The van der Waals surface area contributed by atoms with Gasteiger partial charge >= 0.3 is 0 Å². The monoisotopic (exact) mass is 407 g/mol. The molecule has 1 N–H and O–H groups in total. The van der Waals surface area contributed by atoms with Crippen LogP contribution in [0.5, 0.6) is 0 Å². The molecular weight excluding hydrogens is 386 g/mol. The highest BCUT2D eigenvalue weighted by atomic mass is 35.5. The van der Waals surface area contributed by atoms with E-state index >= 15 is 0 Å². The van der Waals surface area contributed by atoms with Gasteiger partial charge < -0.3 is 5.32 Å². The topological polar surface area (TPSA) is 79.4 Å². The Morgan fingerprint density at radius 1 is 1.15 bits per heavy atom. The highest BCUT2D eigenvalue weighted by Crippen LogP contribution is 2.30. The molecule has 1 aliphatic heterocycles. The second-order valence-electron chi connectivity index (χ2n) is 6.80. The molecule has 2 unspecified atom stereocenters. The number of hydrogen-bond donors (Lipinski definition) is 1. The molecule has 0 spiro atoms. The molecule has 8 heteroatoms. The number of halogens is 1. The van der Waals surface area contributed by atoms with Crippen molar-refractivity contribution in [2.45, 2.75) is 50.1 Å². The van der Waals surface area contributed by atoms with Gasteiger partial charge in [0.25, 0.3) is 5.91 Å². The zero-order valence-corrected chi connectivity index (χ0v) is 16.8. The molecule has 1 aliphatic rings. The number of aromatic nitrogens is 1. The number of carbonyl (C=O) groups is 1. The van der Waals surface area contributed by atoms with Crippen LogP contribution in [-0.2, 0) is 10.0 Å². The molecule has 144 valence electrons. The molecule has 1 amide bonds. The van der Waals surface area contributed by atoms with Crippen molar-refractivity contribution < 1.29 is 13.2 Å². The molecule has 0 bridgehead atoms. The SMILES string of the molecule is CC1CCCC(C)N1S(=O)(=O)c1ccc(NC(=O)c2cc(Cl)ccn2)cc1. The fourth-order valence-corrected chi connectivity index (χ4v) is 5.47. The second kappa shape index (κ2) is 7.96. The summed E-state index contributed by atoms with van der Waals surface area (Å²) in [5.74, 6) is -0.411. The van der Waals surface area contributed by atoms with E-state index in [0.29, 0.717) is 10.7 Å². The van der Waals surface area contributed by atoms with Crippen molar-refractivity contribution in [3.8, 4) is 0 Å². The lowest BCUT2D eigenvalue weighted by atomic mass is 10.0. The van der Waals surface area contributed by atoms with Gasteiger partial charge in [-0.25, -0.2) is 8.42 Å². The Balaban J connectivity index is 1.77. The van der Waals surface area contributed by atoms with Crippen LogP contribution < -0.4 is 5.32 Å². The molecule has 0 radical (unpaired) electrons. The van der Waals surface area contributed by atoms with Crippen molar-refractivity contribution in [2.24, 2.45) is 0 Å². The van der Waals surface area contributed by atoms with Crippen molar-refractivity contribution in [1.29, 1.82) is 0 Å². The lowest BCUT2D eigenvalue weighted by molar-refractivity contribution is 0.102. The molecule has 1 saturated heterocycles. The third-order valence-corrected chi connectivity index (χ3v) is 7.13. The van der Waals surface area contributed by atoms with Crippen LogP contribution in [0.2, 0.25) is 5.02 Å². The largest absolute Gasteiger partial charge is 0.321 e. The van der Waals surface area contributed by atoms with E-state index in [1.54, 1.807) is 22.5 Å². The summed E-state index contributed by atoms with van der Waals surface area (Å²) in [4.78, 5) is 16.4. The lowest BCUT2D eigenvalue weighted by Crippen LogP contribution is -2.47. The van der Waals surface area contributed by atoms with Crippen LogP contribution in [0.3, 0.4) is 0 Å². The number of rotatable bonds is 4. The highest BCUT2D eigenvalue weighted by molar-refractivity contribution is 7.89. The Morgan fingerprint density at radius 3 is 2.37 bits per heavy atom. The summed E-state index contributed by atoms with van der Waals surface area (Å²) in [6, 6.07) is 9.20. The van der Waals surface area contributed by atoms with Gasteiger partial charge in [-0.2, -0.15) is 4.31 Å². The average Bonchev–Trinajstić information content (AvgIpc) is 2.62. The average molecular weight is 408 g/mol. The summed E-state index contributed by atoms with van der Waals surface area (Å²) < 4.78 is 27.6. The Morgan fingerprint density at radius 2 is 1.78 bits per heavy atom. The molecule has 2 heterocycles. The number of sulfonamides is 1. The zero-order chi connectivity index (χ0) is 19.6. The molecule has 0 saturated carbocycles. The summed E-state index contributed by atoms with van der Waals surface area (Å²) >= 11 is 5.87. The number of anilines is 1. The van der Waals surface area contributed by atoms with Gasteiger partial charge in [-0.3, -0.25) is 9.78 Å². The summed E-state index contributed by atoms with van der Waals surface area (Å²) in [7, 11) is -3.57. The maximum absolute atomic E-state index is 13.0. The maximum atomic E-state index is 13.0. The lowest BCUT2D eigenvalue weighted by Gasteiger charge is -2.37. The van der Waals surface area contributed by atoms with Crippen LogP contribution in [-0.4, -0.2) is 35.7 Å². The van der Waals surface area contributed by atoms with Crippen LogP contribution in [0.1, 0.15) is 43.6 Å². The number of carbonyl (C=O) groups excluding carboxylic acids is 1. The van der Waals surface area contributed by atoms with Crippen molar-refractivity contribution in [3.05, 3.63) is 53.3 Å². The van der Waals surface area contributed by atoms with E-state index in [9.17, 15) is 13.2 Å². The van der Waals surface area contributed by atoms with Gasteiger partial charge in [0, 0.05) is 29.0 Å². The first kappa shape index (κ1) is 19.8. The summed E-state index contributed by atoms with van der Waals surface area (Å²) in [6.45, 7) is 3.89. The van der Waals surface area contributed by atoms with E-state index in [1.807, 2.05) is 13.8 Å². The Kier molecular flexibility index (Phi) is 5.83. The predicted molar refractivity (Wildman–Crippen MR) is 105 cm³/mol. The molecule has 1 aromatic carbocycles. The molecular formula is C19H22ClN3O3S. The van der Waals surface area contributed by atoms with Gasteiger partial charge in [-0.05, 0) is 63.1 Å². The number of nitrogens with zero attached hydrogens (tertiary/aromatic N) is 2. The van der Waals surface area contributed by atoms with Crippen molar-refractivity contribution in [1.82, 2.24) is 9.29 Å². The molecule has 2 aromatic rings. The highest BCUT2D eigenvalue weighted by Gasteiger charge is 2.35. The molecule has 0 aliphatic carbocycles. The second-order valence-corrected chi connectivity index (χ2v) is 9.08. The van der Waals surface area contributed by atoms with Crippen LogP contribution in [0.25, 0.3) is 0 Å². The Bertz CT molecular complexity index is 921. The number of benzene rings is 1. The standard InChI is InChI=1S/C19H22ClN3O3S/c1-13-4-3-5-14(2)23(13)27(25,26)17-8-6-16(7-9-17)22-19(24)18-12-15(20)10-11-21-18/h6-14H,3-5H2,1-2H3,(H,22,24). The fourth-order valence-electron chi connectivity index (χ4n) is 3.43. The van der Waals surface area contributed by atoms with Gasteiger partial charge in [0.05, 0.1) is 4.90 Å². The number of pyridine rings is 1. The van der Waals surface area contributed by atoms with E-state index in [2.05, 4.69) is 10.3 Å². The first-order valence-electron chi connectivity index (χ1n) is 8.85. The number of piperidine rings is 1. The van der Waals surface area contributed by atoms with E-state index in [1.165, 1.54) is 24.4 Å². The molecule has 6 nitrogen and oxygen atoms in total. The number of nitrogens with one attached hydrogen (secondary N) is 1. The number of amides is 1. The Hall–Kier alpha value is -1.96. The van der Waals surface area contributed by atoms with Crippen molar-refractivity contribution >= 4 is 33.2 Å². The molecule has 1 aromatic heterocycles. The van der Waals surface area contributed by atoms with E-state index in [4.69, 9.17) is 11.6 Å². The third-order valence-electron chi connectivity index (χ3n) is 4.75. The van der Waals surface area contributed by atoms with Gasteiger partial charge in [-0.1, -0.05) is 18.0 Å². The van der Waals surface area contributed by atoms with Crippen LogP contribution >= 0.6 is 11.6 Å². The summed E-state index contributed by atoms with van der Waals surface area (Å²) in [5.41, 5.74) is 0.677.